The Morgan fingerprint density at radius 3 is 2.50 bits per heavy atom. The first-order valence-corrected chi connectivity index (χ1v) is 19.3. The molecule has 5 rings (SSSR count). The lowest BCUT2D eigenvalue weighted by Gasteiger charge is -2.36. The lowest BCUT2D eigenvalue weighted by molar-refractivity contribution is -0.156. The minimum absolute atomic E-state index is 0.00232. The number of piperidine rings is 1. The highest BCUT2D eigenvalue weighted by atomic mass is 32.2. The number of anilines is 1. The third-order valence-electron chi connectivity index (χ3n) is 9.72. The quantitative estimate of drug-likeness (QED) is 0.186. The number of hydrogen-bond donors (Lipinski definition) is 2. The van der Waals surface area contributed by atoms with E-state index >= 15 is 0 Å². The summed E-state index contributed by atoms with van der Waals surface area (Å²) in [7, 11) is -1.23. The van der Waals surface area contributed by atoms with Gasteiger partial charge in [0.25, 0.3) is 0 Å². The largest absolute Gasteiger partial charge is 0.493 e. The van der Waals surface area contributed by atoms with Crippen molar-refractivity contribution < 1.29 is 27.5 Å². The van der Waals surface area contributed by atoms with E-state index in [0.717, 1.165) is 48.8 Å². The number of nitrogens with one attached hydrogen (secondary N) is 2. The normalized spacial score (nSPS) is 20.3. The Bertz CT molecular complexity index is 1650. The van der Waals surface area contributed by atoms with Gasteiger partial charge in [-0.3, -0.25) is 9.59 Å². The maximum atomic E-state index is 13.4. The van der Waals surface area contributed by atoms with Crippen LogP contribution in [-0.4, -0.2) is 96.7 Å². The fourth-order valence-corrected chi connectivity index (χ4v) is 7.39. The summed E-state index contributed by atoms with van der Waals surface area (Å²) >= 11 is 0. The molecule has 1 aromatic carbocycles. The third kappa shape index (κ3) is 9.04. The van der Waals surface area contributed by atoms with Crippen LogP contribution in [0.25, 0.3) is 16.7 Å². The van der Waals surface area contributed by atoms with E-state index in [1.807, 2.05) is 52.9 Å². The fraction of sp³-hybridized carbons (Fsp3) is 0.600. The van der Waals surface area contributed by atoms with E-state index in [4.69, 9.17) is 14.5 Å². The second-order valence-corrected chi connectivity index (χ2v) is 15.5. The van der Waals surface area contributed by atoms with Crippen LogP contribution in [0.3, 0.4) is 0 Å². The van der Waals surface area contributed by atoms with Gasteiger partial charge in [0.2, 0.25) is 11.9 Å². The van der Waals surface area contributed by atoms with Crippen LogP contribution in [0.5, 0.6) is 5.75 Å². The van der Waals surface area contributed by atoms with Crippen LogP contribution in [0.15, 0.2) is 42.7 Å². The Labute approximate surface area is 283 Å². The van der Waals surface area contributed by atoms with Gasteiger partial charge in [-0.2, -0.15) is 4.98 Å². The molecule has 0 spiro atoms. The molecule has 2 N–H and O–H groups in total. The molecule has 13 heteroatoms. The highest BCUT2D eigenvalue weighted by molar-refractivity contribution is 7.90. The molecule has 1 aliphatic heterocycles. The standard InChI is InChI=1S/C35H50N6O6S/c1-5-24(2)32(36-3)34(43)47-27-15-19-40(20-16-27)33(42)25-10-12-26(13-11-25)38-35-37-18-14-31(39-35)41-21-17-28-29(41)8-6-9-30(28)46-22-7-23-48(4,44)45/h6,8-9,14,17-18,21,24-27,32,36H,5,7,10-13,15-16,19-20,22-23H2,1-4H3,(H,37,38,39)/t24-,25?,26?,32-/m1/s1. The van der Waals surface area contributed by atoms with Crippen molar-refractivity contribution >= 4 is 38.6 Å². The highest BCUT2D eigenvalue weighted by Crippen LogP contribution is 2.31. The molecular formula is C35H50N6O6S. The maximum absolute atomic E-state index is 13.4. The molecule has 2 aromatic heterocycles. The lowest BCUT2D eigenvalue weighted by Crippen LogP contribution is -2.47. The van der Waals surface area contributed by atoms with E-state index in [1.165, 1.54) is 6.26 Å². The minimum Gasteiger partial charge on any atom is -0.493 e. The summed E-state index contributed by atoms with van der Waals surface area (Å²) in [5.74, 6) is 2.27. The summed E-state index contributed by atoms with van der Waals surface area (Å²) in [5, 5.41) is 7.50. The van der Waals surface area contributed by atoms with Crippen molar-refractivity contribution in [3.8, 4) is 11.6 Å². The van der Waals surface area contributed by atoms with E-state index in [2.05, 4.69) is 22.5 Å². The predicted octanol–water partition coefficient (Wildman–Crippen LogP) is 4.37. The number of hydrogen-bond acceptors (Lipinski definition) is 10. The van der Waals surface area contributed by atoms with Crippen LogP contribution in [0.4, 0.5) is 5.95 Å². The van der Waals surface area contributed by atoms with Crippen LogP contribution in [0.2, 0.25) is 0 Å². The number of nitrogens with zero attached hydrogens (tertiary/aromatic N) is 4. The second-order valence-electron chi connectivity index (χ2n) is 13.3. The summed E-state index contributed by atoms with van der Waals surface area (Å²) in [6.07, 6.45) is 10.8. The minimum atomic E-state index is -3.02. The number of rotatable bonds is 14. The van der Waals surface area contributed by atoms with Crippen molar-refractivity contribution in [1.29, 1.82) is 0 Å². The molecule has 2 atom stereocenters. The molecule has 2 aliphatic rings. The molecular weight excluding hydrogens is 632 g/mol. The van der Waals surface area contributed by atoms with Gasteiger partial charge in [-0.25, -0.2) is 13.4 Å². The number of carbonyl (C=O) groups is 2. The van der Waals surface area contributed by atoms with Gasteiger partial charge in [-0.05, 0) is 69.3 Å². The molecule has 0 bridgehead atoms. The van der Waals surface area contributed by atoms with E-state index in [0.29, 0.717) is 50.7 Å². The van der Waals surface area contributed by atoms with E-state index in [9.17, 15) is 18.0 Å². The van der Waals surface area contributed by atoms with Gasteiger partial charge in [-0.15, -0.1) is 0 Å². The molecule has 3 heterocycles. The van der Waals surface area contributed by atoms with Crippen molar-refractivity contribution in [3.05, 3.63) is 42.7 Å². The zero-order valence-corrected chi connectivity index (χ0v) is 29.4. The van der Waals surface area contributed by atoms with Crippen LogP contribution in [0.1, 0.15) is 65.2 Å². The zero-order valence-electron chi connectivity index (χ0n) is 28.6. The smallest absolute Gasteiger partial charge is 0.323 e. The molecule has 0 radical (unpaired) electrons. The van der Waals surface area contributed by atoms with Gasteiger partial charge in [0.1, 0.15) is 33.6 Å². The maximum Gasteiger partial charge on any atom is 0.323 e. The third-order valence-corrected chi connectivity index (χ3v) is 10.8. The van der Waals surface area contributed by atoms with Crippen molar-refractivity contribution in [1.82, 2.24) is 24.8 Å². The number of amides is 1. The second kappa shape index (κ2) is 16.1. The molecule has 48 heavy (non-hydrogen) atoms. The first kappa shape index (κ1) is 35.6. The number of fused-ring (bicyclic) bond motifs is 1. The Morgan fingerprint density at radius 1 is 1.06 bits per heavy atom. The monoisotopic (exact) mass is 682 g/mol. The Kier molecular flexibility index (Phi) is 12.0. The number of sulfone groups is 1. The molecule has 1 aliphatic carbocycles. The summed E-state index contributed by atoms with van der Waals surface area (Å²) in [5.41, 5.74) is 0.926. The molecule has 1 amide bonds. The number of likely N-dealkylation sites (N-methyl/N-ethyl adjacent to an activating group) is 1. The summed E-state index contributed by atoms with van der Waals surface area (Å²) in [6.45, 7) is 5.67. The van der Waals surface area contributed by atoms with Gasteiger partial charge in [-0.1, -0.05) is 26.3 Å². The van der Waals surface area contributed by atoms with Crippen LogP contribution in [0, 0.1) is 11.8 Å². The number of aromatic nitrogens is 3. The van der Waals surface area contributed by atoms with Crippen molar-refractivity contribution in [2.75, 3.05) is 44.1 Å². The van der Waals surface area contributed by atoms with Crippen LogP contribution in [-0.2, 0) is 24.2 Å². The first-order chi connectivity index (χ1) is 23.1. The van der Waals surface area contributed by atoms with Gasteiger partial charge in [0.05, 0.1) is 17.9 Å². The van der Waals surface area contributed by atoms with Crippen LogP contribution >= 0.6 is 0 Å². The number of esters is 1. The van der Waals surface area contributed by atoms with E-state index in [-0.39, 0.29) is 47.7 Å². The number of ether oxygens (including phenoxy) is 2. The zero-order chi connectivity index (χ0) is 34.3. The Morgan fingerprint density at radius 2 is 1.81 bits per heavy atom. The highest BCUT2D eigenvalue weighted by Gasteiger charge is 2.34. The first-order valence-electron chi connectivity index (χ1n) is 17.2. The summed E-state index contributed by atoms with van der Waals surface area (Å²) < 4.78 is 36.6. The SMILES string of the molecule is CC[C@@H](C)[C@@H](NC)C(=O)OC1CCN(C(=O)C2CCC(Nc3nccc(-n4ccc5c(OCCCS(C)(=O)=O)cccc54)n3)CC2)CC1. The average molecular weight is 683 g/mol. The lowest BCUT2D eigenvalue weighted by atomic mass is 9.85. The van der Waals surface area contributed by atoms with Gasteiger partial charge in [0, 0.05) is 61.9 Å². The molecule has 0 unspecified atom stereocenters. The Balaban J connectivity index is 1.10. The van der Waals surface area contributed by atoms with Gasteiger partial charge >= 0.3 is 5.97 Å². The molecule has 2 fully saturated rings. The van der Waals surface area contributed by atoms with Crippen molar-refractivity contribution in [3.63, 3.8) is 0 Å². The topological polar surface area (TPSA) is 145 Å². The summed E-state index contributed by atoms with van der Waals surface area (Å²) in [6, 6.07) is 9.49. The number of benzene rings is 1. The molecule has 1 saturated carbocycles. The van der Waals surface area contributed by atoms with Crippen molar-refractivity contribution in [2.45, 2.75) is 83.4 Å². The molecule has 1 saturated heterocycles. The van der Waals surface area contributed by atoms with E-state index < -0.39 is 9.84 Å². The molecule has 3 aromatic rings. The molecule has 262 valence electrons. The average Bonchev–Trinajstić information content (AvgIpc) is 3.52. The van der Waals surface area contributed by atoms with Crippen LogP contribution < -0.4 is 15.4 Å². The molecule has 12 nitrogen and oxygen atoms in total. The van der Waals surface area contributed by atoms with Gasteiger partial charge in [0.15, 0.2) is 0 Å². The fourth-order valence-electron chi connectivity index (χ4n) is 6.75. The van der Waals surface area contributed by atoms with Gasteiger partial charge < -0.3 is 29.6 Å². The number of carbonyl (C=O) groups excluding carboxylic acids is 2. The van der Waals surface area contributed by atoms with Crippen molar-refractivity contribution in [2.24, 2.45) is 11.8 Å². The summed E-state index contributed by atoms with van der Waals surface area (Å²) in [4.78, 5) is 37.3. The van der Waals surface area contributed by atoms with E-state index in [1.54, 1.807) is 13.2 Å². The number of likely N-dealkylation sites (tertiary alicyclic amines) is 1. The Hall–Kier alpha value is -3.71. The predicted molar refractivity (Wildman–Crippen MR) is 186 cm³/mol.